The molecule has 0 aromatic carbocycles. The van der Waals surface area contributed by atoms with Crippen molar-refractivity contribution >= 4 is 57.5 Å². The van der Waals surface area contributed by atoms with E-state index in [4.69, 9.17) is 45.1 Å². The van der Waals surface area contributed by atoms with E-state index >= 15 is 0 Å². The zero-order chi connectivity index (χ0) is 7.49. The first kappa shape index (κ1) is 10.4. The summed E-state index contributed by atoms with van der Waals surface area (Å²) in [6.07, 6.45) is 0. The van der Waals surface area contributed by atoms with E-state index in [2.05, 4.69) is 4.98 Å². The second kappa shape index (κ2) is 4.32. The van der Waals surface area contributed by atoms with Crippen LogP contribution >= 0.6 is 45.1 Å². The second-order valence-electron chi connectivity index (χ2n) is 1.55. The van der Waals surface area contributed by atoms with Crippen molar-refractivity contribution in [2.24, 2.45) is 0 Å². The normalized spacial score (nSPS) is 11.7. The molecule has 0 rings (SSSR count). The molecular formula is C2H6BCl4NSi. The maximum absolute atomic E-state index is 5.74. The summed E-state index contributed by atoms with van der Waals surface area (Å²) in [5.74, 6) is 0.440. The van der Waals surface area contributed by atoms with Gasteiger partial charge in [-0.15, -0.1) is 22.2 Å². The van der Waals surface area contributed by atoms with E-state index in [1.54, 1.807) is 7.05 Å². The van der Waals surface area contributed by atoms with Crippen molar-refractivity contribution in [2.45, 2.75) is 5.94 Å². The van der Waals surface area contributed by atoms with Gasteiger partial charge in [0.2, 0.25) is 0 Å². The molecule has 0 aliphatic rings. The molecule has 0 aromatic heterocycles. The summed E-state index contributed by atoms with van der Waals surface area (Å²) in [6, 6.07) is 0. The van der Waals surface area contributed by atoms with Gasteiger partial charge in [0.15, 0.2) is 0 Å². The summed E-state index contributed by atoms with van der Waals surface area (Å²) in [5.41, 5.74) is -0.473. The fourth-order valence-electron chi connectivity index (χ4n) is 0.296. The highest BCUT2D eigenvalue weighted by atomic mass is 35.7. The van der Waals surface area contributed by atoms with E-state index in [0.29, 0.717) is 5.94 Å². The van der Waals surface area contributed by atoms with E-state index in [1.807, 2.05) is 0 Å². The summed E-state index contributed by atoms with van der Waals surface area (Å²) >= 11 is 22.3. The van der Waals surface area contributed by atoms with Crippen LogP contribution in [0, 0.1) is 0 Å². The first-order valence-electron chi connectivity index (χ1n) is 2.33. The minimum absolute atomic E-state index is 0.440. The number of nitrogens with one attached hydrogen (secondary N) is 1. The second-order valence-corrected chi connectivity index (χ2v) is 9.60. The third-order valence-corrected chi connectivity index (χ3v) is 5.31. The Bertz CT molecular complexity index is 88.6. The lowest BCUT2D eigenvalue weighted by Gasteiger charge is -2.13. The van der Waals surface area contributed by atoms with Gasteiger partial charge in [0.25, 0.3) is 0 Å². The number of hydrogen-bond donors (Lipinski definition) is 1. The maximum atomic E-state index is 5.74. The Morgan fingerprint density at radius 2 is 1.89 bits per heavy atom. The van der Waals surface area contributed by atoms with Gasteiger partial charge in [0.1, 0.15) is 0 Å². The molecule has 0 heterocycles. The van der Waals surface area contributed by atoms with Crippen LogP contribution in [-0.2, 0) is 0 Å². The van der Waals surface area contributed by atoms with Crippen molar-refractivity contribution in [3.8, 4) is 0 Å². The van der Waals surface area contributed by atoms with Crippen molar-refractivity contribution in [2.75, 3.05) is 7.05 Å². The Hall–Kier alpha value is 1.40. The third kappa shape index (κ3) is 5.83. The molecular weight excluding hydrogens is 219 g/mol. The predicted molar refractivity (Wildman–Crippen MR) is 48.8 cm³/mol. The summed E-state index contributed by atoms with van der Waals surface area (Å²) < 4.78 is 0. The minimum atomic E-state index is -2.31. The molecule has 0 radical (unpaired) electrons. The minimum Gasteiger partial charge on any atom is -0.317 e. The fraction of sp³-hybridized carbons (Fsp3) is 1.00. The van der Waals surface area contributed by atoms with Gasteiger partial charge in [-0.2, -0.15) is 22.9 Å². The van der Waals surface area contributed by atoms with Gasteiger partial charge < -0.3 is 4.98 Å². The van der Waals surface area contributed by atoms with Gasteiger partial charge >= 0.3 is 12.4 Å². The third-order valence-electron chi connectivity index (χ3n) is 0.776. The molecule has 0 saturated heterocycles. The predicted octanol–water partition coefficient (Wildman–Crippen LogP) is 2.13. The molecule has 0 fully saturated rings. The summed E-state index contributed by atoms with van der Waals surface area (Å²) in [4.78, 5) is 2.77. The van der Waals surface area contributed by atoms with Crippen LogP contribution in [0.3, 0.4) is 0 Å². The summed E-state index contributed by atoms with van der Waals surface area (Å²) in [6.45, 7) is -2.31. The van der Waals surface area contributed by atoms with Gasteiger partial charge in [-0.25, -0.2) is 0 Å². The van der Waals surface area contributed by atoms with Gasteiger partial charge in [-0.3, -0.25) is 0 Å². The van der Waals surface area contributed by atoms with E-state index < -0.39 is 12.4 Å². The summed E-state index contributed by atoms with van der Waals surface area (Å²) in [5, 5.41) is 0. The molecule has 0 unspecified atom stereocenters. The zero-order valence-corrected chi connectivity index (χ0v) is 8.82. The van der Waals surface area contributed by atoms with Crippen molar-refractivity contribution in [1.82, 2.24) is 4.98 Å². The van der Waals surface area contributed by atoms with Crippen LogP contribution < -0.4 is 4.98 Å². The molecule has 1 N–H and O–H groups in total. The Labute approximate surface area is 75.4 Å². The lowest BCUT2D eigenvalue weighted by atomic mass is 10.2. The largest absolute Gasteiger partial charge is 0.352 e. The molecule has 9 heavy (non-hydrogen) atoms. The van der Waals surface area contributed by atoms with E-state index in [0.717, 1.165) is 0 Å². The van der Waals surface area contributed by atoms with Crippen molar-refractivity contribution in [3.63, 3.8) is 0 Å². The van der Waals surface area contributed by atoms with Crippen LogP contribution in [0.5, 0.6) is 0 Å². The molecule has 0 spiro atoms. The molecule has 54 valence electrons. The molecule has 7 heteroatoms. The van der Waals surface area contributed by atoms with Crippen molar-refractivity contribution in [1.29, 1.82) is 0 Å². The first-order valence-corrected chi connectivity index (χ1v) is 7.43. The molecule has 0 saturated carbocycles. The zero-order valence-electron chi connectivity index (χ0n) is 4.80. The molecule has 0 amide bonds. The average molecular weight is 225 g/mol. The standard InChI is InChI=1S/C2H6BCl4NSi/c1-8-9(6,7)2-3(4)5/h8H,2H2,1H3. The Kier molecular flexibility index (Phi) is 4.99. The highest BCUT2D eigenvalue weighted by Gasteiger charge is 2.30. The van der Waals surface area contributed by atoms with Crippen molar-refractivity contribution in [3.05, 3.63) is 0 Å². The van der Waals surface area contributed by atoms with E-state index in [-0.39, 0.29) is 0 Å². The van der Waals surface area contributed by atoms with Crippen LogP contribution in [0.4, 0.5) is 0 Å². The quantitative estimate of drug-likeness (QED) is 0.572. The Morgan fingerprint density at radius 1 is 1.44 bits per heavy atom. The van der Waals surface area contributed by atoms with Gasteiger partial charge in [0.05, 0.1) is 0 Å². The van der Waals surface area contributed by atoms with Crippen LogP contribution in [0.1, 0.15) is 0 Å². The highest BCUT2D eigenvalue weighted by molar-refractivity contribution is 7.51. The van der Waals surface area contributed by atoms with Gasteiger partial charge in [-0.1, -0.05) is 0 Å². The Balaban J connectivity index is 3.58. The van der Waals surface area contributed by atoms with Crippen LogP contribution in [0.2, 0.25) is 5.94 Å². The Morgan fingerprint density at radius 3 is 2.00 bits per heavy atom. The molecule has 0 aliphatic heterocycles. The number of rotatable bonds is 3. The number of halogens is 4. The lowest BCUT2D eigenvalue weighted by molar-refractivity contribution is 1.22. The molecule has 0 atom stereocenters. The van der Waals surface area contributed by atoms with Crippen LogP contribution in [0.25, 0.3) is 0 Å². The van der Waals surface area contributed by atoms with Crippen LogP contribution in [0.15, 0.2) is 0 Å². The maximum Gasteiger partial charge on any atom is 0.352 e. The van der Waals surface area contributed by atoms with Gasteiger partial charge in [0, 0.05) is 0 Å². The van der Waals surface area contributed by atoms with E-state index in [9.17, 15) is 0 Å². The molecule has 0 aliphatic carbocycles. The average Bonchev–Trinajstić information content (AvgIpc) is 1.63. The highest BCUT2D eigenvalue weighted by Crippen LogP contribution is 2.20. The van der Waals surface area contributed by atoms with Crippen LogP contribution in [-0.4, -0.2) is 19.4 Å². The number of hydrogen-bond acceptors (Lipinski definition) is 1. The molecule has 1 nitrogen and oxygen atoms in total. The van der Waals surface area contributed by atoms with E-state index in [1.165, 1.54) is 0 Å². The summed E-state index contributed by atoms with van der Waals surface area (Å²) in [7, 11) is 1.70. The SMILES string of the molecule is CN[Si](Cl)(Cl)CB(Cl)Cl. The molecule has 0 aromatic rings. The first-order chi connectivity index (χ1) is 3.98. The lowest BCUT2D eigenvalue weighted by Crippen LogP contribution is -2.39. The van der Waals surface area contributed by atoms with Crippen molar-refractivity contribution < 1.29 is 0 Å². The molecule has 0 bridgehead atoms. The smallest absolute Gasteiger partial charge is 0.317 e. The fourth-order valence-corrected chi connectivity index (χ4v) is 4.15. The monoisotopic (exact) mass is 223 g/mol. The topological polar surface area (TPSA) is 12.0 Å². The van der Waals surface area contributed by atoms with Gasteiger partial charge in [-0.05, 0) is 13.0 Å².